The number of carbonyl (C=O) groups excluding carboxylic acids is 2. The zero-order valence-electron chi connectivity index (χ0n) is 9.88. The SMILES string of the molecule is CC1(C)C(=O)NC(=O)CN1C1CCNCC1. The van der Waals surface area contributed by atoms with Gasteiger partial charge in [0.1, 0.15) is 0 Å². The highest BCUT2D eigenvalue weighted by molar-refractivity contribution is 6.02. The third kappa shape index (κ3) is 1.97. The lowest BCUT2D eigenvalue weighted by molar-refractivity contribution is -0.147. The number of nitrogens with zero attached hydrogens (tertiary/aromatic N) is 1. The molecule has 0 unspecified atom stereocenters. The Labute approximate surface area is 95.6 Å². The first-order chi connectivity index (χ1) is 7.51. The molecule has 0 spiro atoms. The van der Waals surface area contributed by atoms with Crippen LogP contribution in [0.15, 0.2) is 0 Å². The average molecular weight is 225 g/mol. The Balaban J connectivity index is 2.16. The molecule has 0 radical (unpaired) electrons. The topological polar surface area (TPSA) is 61.4 Å². The van der Waals surface area contributed by atoms with E-state index >= 15 is 0 Å². The lowest BCUT2D eigenvalue weighted by Gasteiger charge is -2.46. The first kappa shape index (κ1) is 11.5. The van der Waals surface area contributed by atoms with Crippen molar-refractivity contribution in [2.24, 2.45) is 0 Å². The summed E-state index contributed by atoms with van der Waals surface area (Å²) in [5, 5.41) is 5.69. The predicted molar refractivity (Wildman–Crippen MR) is 59.8 cm³/mol. The van der Waals surface area contributed by atoms with Gasteiger partial charge in [-0.05, 0) is 39.8 Å². The molecule has 0 saturated carbocycles. The molecule has 0 bridgehead atoms. The summed E-state index contributed by atoms with van der Waals surface area (Å²) in [6.45, 7) is 6.04. The van der Waals surface area contributed by atoms with E-state index < -0.39 is 5.54 Å². The number of carbonyl (C=O) groups is 2. The van der Waals surface area contributed by atoms with E-state index in [1.165, 1.54) is 0 Å². The number of rotatable bonds is 1. The van der Waals surface area contributed by atoms with Gasteiger partial charge in [-0.15, -0.1) is 0 Å². The van der Waals surface area contributed by atoms with Crippen LogP contribution in [0.4, 0.5) is 0 Å². The number of amides is 2. The van der Waals surface area contributed by atoms with E-state index in [2.05, 4.69) is 15.5 Å². The molecule has 2 aliphatic heterocycles. The second kappa shape index (κ2) is 4.14. The second-order valence-electron chi connectivity index (χ2n) is 5.05. The van der Waals surface area contributed by atoms with Gasteiger partial charge < -0.3 is 5.32 Å². The van der Waals surface area contributed by atoms with Crippen LogP contribution in [0.3, 0.4) is 0 Å². The zero-order chi connectivity index (χ0) is 11.8. The summed E-state index contributed by atoms with van der Waals surface area (Å²) < 4.78 is 0. The van der Waals surface area contributed by atoms with Gasteiger partial charge >= 0.3 is 0 Å². The molecular formula is C11H19N3O2. The van der Waals surface area contributed by atoms with Crippen molar-refractivity contribution in [3.63, 3.8) is 0 Å². The fourth-order valence-electron chi connectivity index (χ4n) is 2.51. The van der Waals surface area contributed by atoms with E-state index in [-0.39, 0.29) is 11.8 Å². The van der Waals surface area contributed by atoms with Crippen LogP contribution >= 0.6 is 0 Å². The summed E-state index contributed by atoms with van der Waals surface area (Å²) in [5.41, 5.74) is -0.573. The van der Waals surface area contributed by atoms with Gasteiger partial charge in [-0.1, -0.05) is 0 Å². The Morgan fingerprint density at radius 3 is 2.50 bits per heavy atom. The quantitative estimate of drug-likeness (QED) is 0.589. The summed E-state index contributed by atoms with van der Waals surface area (Å²) in [7, 11) is 0. The fraction of sp³-hybridized carbons (Fsp3) is 0.818. The Kier molecular flexibility index (Phi) is 2.99. The van der Waals surface area contributed by atoms with Crippen molar-refractivity contribution in [1.82, 2.24) is 15.5 Å². The van der Waals surface area contributed by atoms with Gasteiger partial charge in [0.15, 0.2) is 0 Å². The zero-order valence-corrected chi connectivity index (χ0v) is 9.88. The van der Waals surface area contributed by atoms with E-state index in [9.17, 15) is 9.59 Å². The molecule has 2 aliphatic rings. The molecule has 0 aliphatic carbocycles. The lowest BCUT2D eigenvalue weighted by Crippen LogP contribution is -2.67. The lowest BCUT2D eigenvalue weighted by atomic mass is 9.92. The standard InChI is InChI=1S/C11H19N3O2/c1-11(2)10(16)13-9(15)7-14(11)8-3-5-12-6-4-8/h8,12H,3-7H2,1-2H3,(H,13,15,16). The molecule has 2 N–H and O–H groups in total. The maximum Gasteiger partial charge on any atom is 0.246 e. The van der Waals surface area contributed by atoms with Gasteiger partial charge in [0.2, 0.25) is 11.8 Å². The molecule has 0 aromatic heterocycles. The molecule has 0 aromatic rings. The van der Waals surface area contributed by atoms with Crippen LogP contribution in [0.1, 0.15) is 26.7 Å². The Morgan fingerprint density at radius 1 is 1.25 bits per heavy atom. The van der Waals surface area contributed by atoms with Gasteiger partial charge in [-0.25, -0.2) is 0 Å². The first-order valence-electron chi connectivity index (χ1n) is 5.83. The highest BCUT2D eigenvalue weighted by Gasteiger charge is 2.44. The van der Waals surface area contributed by atoms with E-state index in [1.54, 1.807) is 0 Å². The van der Waals surface area contributed by atoms with Crippen molar-refractivity contribution in [2.75, 3.05) is 19.6 Å². The van der Waals surface area contributed by atoms with Crippen molar-refractivity contribution in [2.45, 2.75) is 38.3 Å². The smallest absolute Gasteiger partial charge is 0.246 e. The van der Waals surface area contributed by atoms with Gasteiger partial charge in [-0.2, -0.15) is 0 Å². The molecule has 2 rings (SSSR count). The van der Waals surface area contributed by atoms with Crippen molar-refractivity contribution >= 4 is 11.8 Å². The summed E-state index contributed by atoms with van der Waals surface area (Å²) in [4.78, 5) is 25.3. The van der Waals surface area contributed by atoms with E-state index in [1.807, 2.05) is 13.8 Å². The van der Waals surface area contributed by atoms with E-state index in [0.717, 1.165) is 25.9 Å². The average Bonchev–Trinajstić information content (AvgIpc) is 2.25. The maximum atomic E-state index is 11.8. The molecule has 2 saturated heterocycles. The molecule has 0 atom stereocenters. The van der Waals surface area contributed by atoms with Crippen molar-refractivity contribution in [3.05, 3.63) is 0 Å². The van der Waals surface area contributed by atoms with Crippen LogP contribution in [0.2, 0.25) is 0 Å². The van der Waals surface area contributed by atoms with Crippen LogP contribution in [0, 0.1) is 0 Å². The molecule has 2 fully saturated rings. The predicted octanol–water partition coefficient (Wildman–Crippen LogP) is -0.525. The number of imide groups is 1. The minimum Gasteiger partial charge on any atom is -0.317 e. The number of nitrogens with one attached hydrogen (secondary N) is 2. The van der Waals surface area contributed by atoms with Gasteiger partial charge in [-0.3, -0.25) is 19.8 Å². The normalized spacial score (nSPS) is 27.9. The number of hydrogen-bond acceptors (Lipinski definition) is 4. The van der Waals surface area contributed by atoms with Crippen molar-refractivity contribution < 1.29 is 9.59 Å². The second-order valence-corrected chi connectivity index (χ2v) is 5.05. The minimum atomic E-state index is -0.573. The van der Waals surface area contributed by atoms with Gasteiger partial charge in [0.05, 0.1) is 12.1 Å². The highest BCUT2D eigenvalue weighted by atomic mass is 16.2. The largest absolute Gasteiger partial charge is 0.317 e. The van der Waals surface area contributed by atoms with Crippen LogP contribution in [-0.2, 0) is 9.59 Å². The summed E-state index contributed by atoms with van der Waals surface area (Å²) in [6.07, 6.45) is 2.01. The van der Waals surface area contributed by atoms with Crippen LogP contribution in [-0.4, -0.2) is 47.9 Å². The van der Waals surface area contributed by atoms with E-state index in [4.69, 9.17) is 0 Å². The fourth-order valence-corrected chi connectivity index (χ4v) is 2.51. The van der Waals surface area contributed by atoms with Crippen molar-refractivity contribution in [1.29, 1.82) is 0 Å². The molecule has 90 valence electrons. The number of piperazine rings is 1. The van der Waals surface area contributed by atoms with Gasteiger partial charge in [0, 0.05) is 6.04 Å². The molecule has 5 heteroatoms. The third-order valence-corrected chi connectivity index (χ3v) is 3.59. The number of hydrogen-bond donors (Lipinski definition) is 2. The third-order valence-electron chi connectivity index (χ3n) is 3.59. The van der Waals surface area contributed by atoms with Crippen LogP contribution < -0.4 is 10.6 Å². The molecule has 16 heavy (non-hydrogen) atoms. The van der Waals surface area contributed by atoms with Gasteiger partial charge in [0.25, 0.3) is 0 Å². The molecule has 0 aromatic carbocycles. The minimum absolute atomic E-state index is 0.178. The number of piperidine rings is 1. The van der Waals surface area contributed by atoms with Crippen molar-refractivity contribution in [3.8, 4) is 0 Å². The Hall–Kier alpha value is -0.940. The Morgan fingerprint density at radius 2 is 1.88 bits per heavy atom. The summed E-state index contributed by atoms with van der Waals surface area (Å²) in [5.74, 6) is -0.356. The Bertz CT molecular complexity index is 308. The van der Waals surface area contributed by atoms with E-state index in [0.29, 0.717) is 12.6 Å². The maximum absolute atomic E-state index is 11.8. The summed E-state index contributed by atoms with van der Waals surface area (Å²) >= 11 is 0. The monoisotopic (exact) mass is 225 g/mol. The molecule has 5 nitrogen and oxygen atoms in total. The highest BCUT2D eigenvalue weighted by Crippen LogP contribution is 2.25. The molecule has 2 amide bonds. The summed E-state index contributed by atoms with van der Waals surface area (Å²) in [6, 6.07) is 0.339. The first-order valence-corrected chi connectivity index (χ1v) is 5.83. The van der Waals surface area contributed by atoms with Crippen LogP contribution in [0.5, 0.6) is 0 Å². The molecular weight excluding hydrogens is 206 g/mol. The van der Waals surface area contributed by atoms with Crippen LogP contribution in [0.25, 0.3) is 0 Å². The molecule has 2 heterocycles.